The molecule has 0 unspecified atom stereocenters. The first-order chi connectivity index (χ1) is 9.62. The van der Waals surface area contributed by atoms with Crippen LogP contribution in [0.2, 0.25) is 0 Å². The third-order valence-corrected chi connectivity index (χ3v) is 4.81. The lowest BCUT2D eigenvalue weighted by atomic mass is 9.95. The van der Waals surface area contributed by atoms with Gasteiger partial charge in [-0.1, -0.05) is 55.5 Å². The van der Waals surface area contributed by atoms with Gasteiger partial charge in [0.05, 0.1) is 5.41 Å². The van der Waals surface area contributed by atoms with E-state index in [0.717, 1.165) is 23.4 Å². The van der Waals surface area contributed by atoms with E-state index in [1.165, 1.54) is 11.3 Å². The highest BCUT2D eigenvalue weighted by molar-refractivity contribution is 7.15. The molecule has 4 nitrogen and oxygen atoms in total. The summed E-state index contributed by atoms with van der Waals surface area (Å²) in [6, 6.07) is 9.96. The van der Waals surface area contributed by atoms with Crippen LogP contribution in [-0.2, 0) is 10.2 Å². The summed E-state index contributed by atoms with van der Waals surface area (Å²) < 4.78 is 0. The molecule has 0 atom stereocenters. The number of nitrogens with one attached hydrogen (secondary N) is 1. The molecule has 0 radical (unpaired) electrons. The maximum atomic E-state index is 12.5. The van der Waals surface area contributed by atoms with Crippen LogP contribution < -0.4 is 5.32 Å². The zero-order valence-corrected chi connectivity index (χ0v) is 12.4. The average Bonchev–Trinajstić information content (AvgIpc) is 3.14. The summed E-state index contributed by atoms with van der Waals surface area (Å²) in [7, 11) is 0. The summed E-state index contributed by atoms with van der Waals surface area (Å²) in [4.78, 5) is 12.5. The second kappa shape index (κ2) is 4.98. The second-order valence-electron chi connectivity index (χ2n) is 5.50. The van der Waals surface area contributed by atoms with Crippen LogP contribution in [0, 0.1) is 0 Å². The molecule has 1 fully saturated rings. The smallest absolute Gasteiger partial charge is 0.236 e. The lowest BCUT2D eigenvalue weighted by Crippen LogP contribution is -2.27. The lowest BCUT2D eigenvalue weighted by molar-refractivity contribution is -0.118. The van der Waals surface area contributed by atoms with Gasteiger partial charge in [-0.2, -0.15) is 0 Å². The largest absolute Gasteiger partial charge is 0.300 e. The highest BCUT2D eigenvalue weighted by Crippen LogP contribution is 2.49. The molecule has 1 aromatic carbocycles. The number of amides is 1. The molecule has 0 saturated heterocycles. The van der Waals surface area contributed by atoms with Crippen LogP contribution >= 0.6 is 11.3 Å². The van der Waals surface area contributed by atoms with Gasteiger partial charge in [0.1, 0.15) is 5.01 Å². The number of rotatable bonds is 4. The first-order valence-electron chi connectivity index (χ1n) is 6.82. The molecule has 1 saturated carbocycles. The van der Waals surface area contributed by atoms with Gasteiger partial charge < -0.3 is 0 Å². The molecule has 5 heteroatoms. The van der Waals surface area contributed by atoms with Crippen molar-refractivity contribution < 1.29 is 4.79 Å². The van der Waals surface area contributed by atoms with Crippen molar-refractivity contribution in [2.24, 2.45) is 0 Å². The van der Waals surface area contributed by atoms with Crippen molar-refractivity contribution in [3.05, 3.63) is 40.9 Å². The van der Waals surface area contributed by atoms with E-state index < -0.39 is 0 Å². The van der Waals surface area contributed by atoms with E-state index in [1.54, 1.807) is 0 Å². The molecule has 0 spiro atoms. The topological polar surface area (TPSA) is 54.9 Å². The van der Waals surface area contributed by atoms with Gasteiger partial charge in [-0.25, -0.2) is 0 Å². The number of aromatic nitrogens is 2. The highest BCUT2D eigenvalue weighted by Gasteiger charge is 2.51. The maximum Gasteiger partial charge on any atom is 0.236 e. The molecule has 20 heavy (non-hydrogen) atoms. The summed E-state index contributed by atoms with van der Waals surface area (Å²) in [6.07, 6.45) is 1.80. The summed E-state index contributed by atoms with van der Waals surface area (Å²) in [5, 5.41) is 12.6. The number of nitrogens with zero attached hydrogens (tertiary/aromatic N) is 2. The van der Waals surface area contributed by atoms with E-state index >= 15 is 0 Å². The number of carbonyl (C=O) groups excluding carboxylic acids is 1. The third kappa shape index (κ3) is 2.33. The molecule has 1 amide bonds. The van der Waals surface area contributed by atoms with Crippen LogP contribution in [0.15, 0.2) is 30.3 Å². The summed E-state index contributed by atoms with van der Waals surface area (Å²) >= 11 is 1.45. The molecule has 1 heterocycles. The van der Waals surface area contributed by atoms with Crippen LogP contribution in [0.25, 0.3) is 0 Å². The van der Waals surface area contributed by atoms with Gasteiger partial charge in [0.25, 0.3) is 0 Å². The number of hydrogen-bond acceptors (Lipinski definition) is 4. The minimum absolute atomic E-state index is 0.0372. The van der Waals surface area contributed by atoms with Crippen LogP contribution in [0.3, 0.4) is 0 Å². The Morgan fingerprint density at radius 2 is 1.95 bits per heavy atom. The van der Waals surface area contributed by atoms with E-state index in [2.05, 4.69) is 29.4 Å². The van der Waals surface area contributed by atoms with Gasteiger partial charge in [0.2, 0.25) is 11.0 Å². The normalized spacial score (nSPS) is 16.1. The Bertz CT molecular complexity index is 617. The zero-order chi connectivity index (χ0) is 14.2. The second-order valence-corrected chi connectivity index (χ2v) is 6.51. The van der Waals surface area contributed by atoms with Crippen molar-refractivity contribution in [3.63, 3.8) is 0 Å². The molecular formula is C15H17N3OS. The van der Waals surface area contributed by atoms with Crippen molar-refractivity contribution in [2.45, 2.75) is 38.0 Å². The first kappa shape index (κ1) is 13.2. The highest BCUT2D eigenvalue weighted by atomic mass is 32.1. The average molecular weight is 287 g/mol. The molecule has 1 aliphatic carbocycles. The standard InChI is InChI=1S/C15H17N3OS/c1-10(2)12-17-18-14(20-12)16-13(19)15(8-9-15)11-6-4-3-5-7-11/h3-7,10H,8-9H2,1-2H3,(H,16,18,19). The van der Waals surface area contributed by atoms with Crippen LogP contribution in [0.1, 0.15) is 43.2 Å². The van der Waals surface area contributed by atoms with Crippen molar-refractivity contribution in [1.82, 2.24) is 10.2 Å². The Morgan fingerprint density at radius 3 is 2.50 bits per heavy atom. The Hall–Kier alpha value is -1.75. The number of hydrogen-bond donors (Lipinski definition) is 1. The molecule has 1 N–H and O–H groups in total. The monoisotopic (exact) mass is 287 g/mol. The number of carbonyl (C=O) groups is 1. The van der Waals surface area contributed by atoms with E-state index in [1.807, 2.05) is 30.3 Å². The summed E-state index contributed by atoms with van der Waals surface area (Å²) in [6.45, 7) is 4.14. The SMILES string of the molecule is CC(C)c1nnc(NC(=O)C2(c3ccccc3)CC2)s1. The van der Waals surface area contributed by atoms with Crippen molar-refractivity contribution in [3.8, 4) is 0 Å². The van der Waals surface area contributed by atoms with E-state index in [9.17, 15) is 4.79 Å². The Labute approximate surface area is 122 Å². The fraction of sp³-hybridized carbons (Fsp3) is 0.400. The van der Waals surface area contributed by atoms with E-state index in [4.69, 9.17) is 0 Å². The van der Waals surface area contributed by atoms with E-state index in [-0.39, 0.29) is 11.3 Å². The number of benzene rings is 1. The Kier molecular flexibility index (Phi) is 3.30. The quantitative estimate of drug-likeness (QED) is 0.938. The predicted octanol–water partition coefficient (Wildman–Crippen LogP) is 3.33. The molecular weight excluding hydrogens is 270 g/mol. The van der Waals surface area contributed by atoms with Crippen molar-refractivity contribution >= 4 is 22.4 Å². The minimum atomic E-state index is -0.356. The predicted molar refractivity (Wildman–Crippen MR) is 80.0 cm³/mol. The number of anilines is 1. The fourth-order valence-corrected chi connectivity index (χ4v) is 3.01. The van der Waals surface area contributed by atoms with E-state index in [0.29, 0.717) is 11.0 Å². The van der Waals surface area contributed by atoms with Gasteiger partial charge in [0, 0.05) is 5.92 Å². The van der Waals surface area contributed by atoms with Gasteiger partial charge in [0.15, 0.2) is 0 Å². The first-order valence-corrected chi connectivity index (χ1v) is 7.64. The minimum Gasteiger partial charge on any atom is -0.300 e. The molecule has 2 aromatic rings. The molecule has 1 aromatic heterocycles. The molecule has 1 aliphatic rings. The van der Waals surface area contributed by atoms with Gasteiger partial charge in [-0.05, 0) is 18.4 Å². The van der Waals surface area contributed by atoms with Crippen molar-refractivity contribution in [1.29, 1.82) is 0 Å². The molecule has 0 aliphatic heterocycles. The lowest BCUT2D eigenvalue weighted by Gasteiger charge is -2.14. The Balaban J connectivity index is 1.76. The van der Waals surface area contributed by atoms with Gasteiger partial charge >= 0.3 is 0 Å². The fourth-order valence-electron chi connectivity index (χ4n) is 2.26. The zero-order valence-electron chi connectivity index (χ0n) is 11.6. The third-order valence-electron chi connectivity index (χ3n) is 3.67. The maximum absolute atomic E-state index is 12.5. The van der Waals surface area contributed by atoms with Crippen molar-refractivity contribution in [2.75, 3.05) is 5.32 Å². The summed E-state index contributed by atoms with van der Waals surface area (Å²) in [5.41, 5.74) is 0.733. The van der Waals surface area contributed by atoms with Crippen LogP contribution in [0.4, 0.5) is 5.13 Å². The Morgan fingerprint density at radius 1 is 1.25 bits per heavy atom. The van der Waals surface area contributed by atoms with Gasteiger partial charge in [-0.3, -0.25) is 10.1 Å². The van der Waals surface area contributed by atoms with Gasteiger partial charge in [-0.15, -0.1) is 10.2 Å². The van der Waals surface area contributed by atoms with Crippen LogP contribution in [-0.4, -0.2) is 16.1 Å². The van der Waals surface area contributed by atoms with Crippen LogP contribution in [0.5, 0.6) is 0 Å². The molecule has 104 valence electrons. The molecule has 0 bridgehead atoms. The summed E-state index contributed by atoms with van der Waals surface area (Å²) in [5.74, 6) is 0.373. The molecule has 3 rings (SSSR count).